The highest BCUT2D eigenvalue weighted by atomic mass is 16.5. The van der Waals surface area contributed by atoms with Gasteiger partial charge >= 0.3 is 5.91 Å². The molecule has 0 bridgehead atoms. The number of pyridine rings is 1. The lowest BCUT2D eigenvalue weighted by Gasteiger charge is -2.30. The average molecular weight is 357 g/mol. The zero-order valence-electron chi connectivity index (χ0n) is 14.3. The molecular formula is C18H19N3O5. The molecule has 0 saturated carbocycles. The molecule has 1 amide bonds. The van der Waals surface area contributed by atoms with Crippen LogP contribution < -0.4 is 15.9 Å². The van der Waals surface area contributed by atoms with Crippen LogP contribution in [0.2, 0.25) is 0 Å². The smallest absolute Gasteiger partial charge is 0.322 e. The van der Waals surface area contributed by atoms with E-state index in [1.54, 1.807) is 10.6 Å². The number of phenols is 1. The van der Waals surface area contributed by atoms with Gasteiger partial charge in [0.1, 0.15) is 12.2 Å². The van der Waals surface area contributed by atoms with Gasteiger partial charge in [-0.15, -0.1) is 4.91 Å². The summed E-state index contributed by atoms with van der Waals surface area (Å²) in [7, 11) is 0. The highest BCUT2D eigenvalue weighted by Crippen LogP contribution is 2.41. The van der Waals surface area contributed by atoms with E-state index in [1.807, 2.05) is 6.92 Å². The molecule has 2 heterocycles. The second-order valence-electron chi connectivity index (χ2n) is 6.12. The van der Waals surface area contributed by atoms with Crippen molar-refractivity contribution in [3.8, 4) is 22.8 Å². The number of nitrogens with zero attached hydrogens (tertiary/aromatic N) is 2. The minimum atomic E-state index is -1.08. The molecule has 8 heteroatoms. The average Bonchev–Trinajstić information content (AvgIpc) is 2.65. The number of hydrogen-bond donors (Lipinski definition) is 2. The van der Waals surface area contributed by atoms with E-state index in [9.17, 15) is 19.6 Å². The number of hydrogen-bond acceptors (Lipinski definition) is 6. The summed E-state index contributed by atoms with van der Waals surface area (Å²) in [6.07, 6.45) is 2.76. The maximum Gasteiger partial charge on any atom is 0.322 e. The molecule has 0 radical (unpaired) electrons. The molecule has 136 valence electrons. The lowest BCUT2D eigenvalue weighted by Crippen LogP contribution is -2.25. The van der Waals surface area contributed by atoms with Gasteiger partial charge in [-0.05, 0) is 30.5 Å². The lowest BCUT2D eigenvalue weighted by atomic mass is 9.90. The van der Waals surface area contributed by atoms with Crippen molar-refractivity contribution in [2.24, 2.45) is 10.9 Å². The van der Waals surface area contributed by atoms with Gasteiger partial charge in [-0.2, -0.15) is 0 Å². The molecule has 3 rings (SSSR count). The Kier molecular flexibility index (Phi) is 4.85. The number of rotatable bonds is 5. The topological polar surface area (TPSA) is 124 Å². The van der Waals surface area contributed by atoms with Crippen LogP contribution in [-0.2, 0) is 6.42 Å². The predicted molar refractivity (Wildman–Crippen MR) is 95.5 cm³/mol. The number of benzene rings is 1. The van der Waals surface area contributed by atoms with Gasteiger partial charge in [0.15, 0.2) is 16.9 Å². The van der Waals surface area contributed by atoms with Crippen molar-refractivity contribution in [3.05, 3.63) is 50.7 Å². The van der Waals surface area contributed by atoms with Gasteiger partial charge in [-0.1, -0.05) is 6.92 Å². The molecule has 0 fully saturated rings. The summed E-state index contributed by atoms with van der Waals surface area (Å²) in [5.41, 5.74) is 6.79. The fourth-order valence-electron chi connectivity index (χ4n) is 3.27. The summed E-state index contributed by atoms with van der Waals surface area (Å²) in [5, 5.41) is 12.6. The van der Waals surface area contributed by atoms with Gasteiger partial charge in [0.2, 0.25) is 0 Å². The largest absolute Gasteiger partial charge is 0.504 e. The summed E-state index contributed by atoms with van der Waals surface area (Å²) in [4.78, 5) is 34.4. The third kappa shape index (κ3) is 2.99. The third-order valence-electron chi connectivity index (χ3n) is 4.55. The van der Waals surface area contributed by atoms with Gasteiger partial charge in [0.25, 0.3) is 0 Å². The molecule has 1 unspecified atom stereocenters. The molecule has 8 nitrogen and oxygen atoms in total. The minimum absolute atomic E-state index is 0.0109. The van der Waals surface area contributed by atoms with Crippen molar-refractivity contribution in [2.45, 2.75) is 25.8 Å². The number of fused-ring (bicyclic) bond motifs is 3. The highest BCUT2D eigenvalue weighted by molar-refractivity contribution is 5.94. The minimum Gasteiger partial charge on any atom is -0.504 e. The van der Waals surface area contributed by atoms with Gasteiger partial charge < -0.3 is 20.1 Å². The van der Waals surface area contributed by atoms with E-state index in [4.69, 9.17) is 10.5 Å². The molecule has 0 saturated heterocycles. The first-order chi connectivity index (χ1) is 12.5. The van der Waals surface area contributed by atoms with Crippen molar-refractivity contribution < 1.29 is 14.6 Å². The normalized spacial score (nSPS) is 15.1. The van der Waals surface area contributed by atoms with Crippen LogP contribution in [0.5, 0.6) is 11.5 Å². The van der Waals surface area contributed by atoms with E-state index < -0.39 is 11.3 Å². The Morgan fingerprint density at radius 3 is 2.85 bits per heavy atom. The Balaban J connectivity index is 2.18. The molecule has 2 aromatic rings. The second-order valence-corrected chi connectivity index (χ2v) is 6.12. The monoisotopic (exact) mass is 357 g/mol. The molecule has 1 aliphatic rings. The van der Waals surface area contributed by atoms with Crippen molar-refractivity contribution in [1.82, 2.24) is 4.57 Å². The Bertz CT molecular complexity index is 935. The molecule has 0 aliphatic carbocycles. The van der Waals surface area contributed by atoms with E-state index in [0.717, 1.165) is 12.0 Å². The molecular weight excluding hydrogens is 338 g/mol. The summed E-state index contributed by atoms with van der Waals surface area (Å²) in [6.45, 7) is 2.60. The number of phenolic OH excluding ortho intramolecular Hbond substituents is 1. The zero-order chi connectivity index (χ0) is 18.8. The molecule has 26 heavy (non-hydrogen) atoms. The molecule has 3 N–H and O–H groups in total. The van der Waals surface area contributed by atoms with E-state index in [-0.39, 0.29) is 24.0 Å². The fourth-order valence-corrected chi connectivity index (χ4v) is 3.27. The van der Waals surface area contributed by atoms with E-state index in [2.05, 4.69) is 5.18 Å². The van der Waals surface area contributed by atoms with E-state index in [0.29, 0.717) is 30.0 Å². The number of amides is 1. The number of aromatic nitrogens is 1. The SMILES string of the molecule is CCC1Cc2cc(OCCN)c(O)cc2-c2cc(=O)c(C(=O)N=O)cn21. The van der Waals surface area contributed by atoms with Gasteiger partial charge in [-0.25, -0.2) is 0 Å². The van der Waals surface area contributed by atoms with Crippen LogP contribution in [0.4, 0.5) is 0 Å². The number of nitrogens with two attached hydrogens (primary N) is 1. The van der Waals surface area contributed by atoms with E-state index in [1.165, 1.54) is 18.3 Å². The first-order valence-electron chi connectivity index (χ1n) is 8.33. The lowest BCUT2D eigenvalue weighted by molar-refractivity contribution is 0.0999. The van der Waals surface area contributed by atoms with Crippen molar-refractivity contribution in [2.75, 3.05) is 13.2 Å². The summed E-state index contributed by atoms with van der Waals surface area (Å²) >= 11 is 0. The Hall–Kier alpha value is -3.00. The van der Waals surface area contributed by atoms with Gasteiger partial charge in [0, 0.05) is 35.6 Å². The zero-order valence-corrected chi connectivity index (χ0v) is 14.3. The number of nitroso groups, excluding NO2 is 1. The van der Waals surface area contributed by atoms with Crippen LogP contribution in [0.1, 0.15) is 35.3 Å². The van der Waals surface area contributed by atoms with Crippen LogP contribution >= 0.6 is 0 Å². The second kappa shape index (κ2) is 7.09. The number of aromatic hydroxyl groups is 1. The van der Waals surface area contributed by atoms with Gasteiger partial charge in [-0.3, -0.25) is 9.59 Å². The quantitative estimate of drug-likeness (QED) is 0.789. The van der Waals surface area contributed by atoms with Crippen molar-refractivity contribution in [1.29, 1.82) is 0 Å². The molecule has 1 aromatic carbocycles. The first-order valence-corrected chi connectivity index (χ1v) is 8.33. The number of carbonyl (C=O) groups excluding carboxylic acids is 1. The van der Waals surface area contributed by atoms with Crippen molar-refractivity contribution >= 4 is 5.91 Å². The van der Waals surface area contributed by atoms with Crippen LogP contribution in [-0.4, -0.2) is 28.7 Å². The highest BCUT2D eigenvalue weighted by Gasteiger charge is 2.26. The number of ether oxygens (including phenoxy) is 1. The molecule has 1 aromatic heterocycles. The first kappa shape index (κ1) is 17.8. The Labute approximate surface area is 149 Å². The van der Waals surface area contributed by atoms with Crippen LogP contribution in [0.3, 0.4) is 0 Å². The Morgan fingerprint density at radius 1 is 1.42 bits per heavy atom. The van der Waals surface area contributed by atoms with Crippen LogP contribution in [0, 0.1) is 4.91 Å². The molecule has 1 aliphatic heterocycles. The van der Waals surface area contributed by atoms with Gasteiger partial charge in [0.05, 0.1) is 5.69 Å². The number of carbonyl (C=O) groups is 1. The maximum atomic E-state index is 12.3. The summed E-state index contributed by atoms with van der Waals surface area (Å²) in [6, 6.07) is 4.59. The molecule has 1 atom stereocenters. The fraction of sp³-hybridized carbons (Fsp3) is 0.333. The standard InChI is InChI=1S/C18H19N3O5/c1-2-11-5-10-6-17(26-4-3-19)16(23)7-12(10)14-8-15(22)13(9-21(11)14)18(24)20-25/h6-9,11,23H,2-5,19H2,1H3. The summed E-state index contributed by atoms with van der Waals surface area (Å²) < 4.78 is 7.26. The van der Waals surface area contributed by atoms with Crippen LogP contribution in [0.15, 0.2) is 34.4 Å². The predicted octanol–water partition coefficient (Wildman–Crippen LogP) is 1.97. The van der Waals surface area contributed by atoms with Crippen molar-refractivity contribution in [3.63, 3.8) is 0 Å². The summed E-state index contributed by atoms with van der Waals surface area (Å²) in [5.74, 6) is -0.794. The third-order valence-corrected chi connectivity index (χ3v) is 4.55. The van der Waals surface area contributed by atoms with Crippen LogP contribution in [0.25, 0.3) is 11.3 Å². The van der Waals surface area contributed by atoms with E-state index >= 15 is 0 Å². The molecule has 0 spiro atoms. The maximum absolute atomic E-state index is 12.3. The Morgan fingerprint density at radius 2 is 2.19 bits per heavy atom.